The van der Waals surface area contributed by atoms with Gasteiger partial charge in [-0.2, -0.15) is 5.10 Å². The van der Waals surface area contributed by atoms with E-state index in [4.69, 9.17) is 0 Å². The molecule has 1 amide bonds. The first-order valence-corrected chi connectivity index (χ1v) is 8.25. The lowest BCUT2D eigenvalue weighted by atomic mass is 9.99. The van der Waals surface area contributed by atoms with Crippen molar-refractivity contribution in [1.82, 2.24) is 19.7 Å². The van der Waals surface area contributed by atoms with E-state index in [9.17, 15) is 13.6 Å². The maximum Gasteiger partial charge on any atom is 0.219 e. The number of rotatable bonds is 2. The number of hydrogen-bond acceptors (Lipinski definition) is 3. The number of carbonyl (C=O) groups is 1. The summed E-state index contributed by atoms with van der Waals surface area (Å²) >= 11 is 0. The summed E-state index contributed by atoms with van der Waals surface area (Å²) in [6.07, 6.45) is 3.33. The van der Waals surface area contributed by atoms with Crippen LogP contribution in [0, 0.1) is 11.6 Å². The Balaban J connectivity index is 1.92. The van der Waals surface area contributed by atoms with Crippen LogP contribution in [0.2, 0.25) is 0 Å². The topological polar surface area (TPSA) is 51.0 Å². The highest BCUT2D eigenvalue weighted by molar-refractivity contribution is 5.83. The maximum absolute atomic E-state index is 13.8. The van der Waals surface area contributed by atoms with Gasteiger partial charge in [0.2, 0.25) is 5.91 Å². The van der Waals surface area contributed by atoms with E-state index in [1.54, 1.807) is 17.3 Å². The largest absolute Gasteiger partial charge is 0.335 e. The number of pyridine rings is 1. The molecule has 3 heterocycles. The normalized spacial score (nSPS) is 13.6. The first kappa shape index (κ1) is 16.4. The zero-order chi connectivity index (χ0) is 18.3. The van der Waals surface area contributed by atoms with Gasteiger partial charge in [-0.1, -0.05) is 0 Å². The molecular formula is C19H16F2N4O. The molecule has 0 saturated heterocycles. The van der Waals surface area contributed by atoms with Crippen molar-refractivity contribution in [3.05, 3.63) is 60.1 Å². The molecule has 0 radical (unpaired) electrons. The van der Waals surface area contributed by atoms with Gasteiger partial charge in [0.05, 0.1) is 18.8 Å². The van der Waals surface area contributed by atoms with Crippen LogP contribution in [-0.4, -0.2) is 32.1 Å². The molecule has 0 atom stereocenters. The number of hydrogen-bond donors (Lipinski definition) is 0. The van der Waals surface area contributed by atoms with Gasteiger partial charge in [-0.15, -0.1) is 0 Å². The Kier molecular flexibility index (Phi) is 3.99. The van der Waals surface area contributed by atoms with Crippen molar-refractivity contribution in [3.8, 4) is 22.4 Å². The van der Waals surface area contributed by atoms with Crippen molar-refractivity contribution in [2.75, 3.05) is 6.54 Å². The van der Waals surface area contributed by atoms with Crippen LogP contribution in [0.3, 0.4) is 0 Å². The third kappa shape index (κ3) is 2.75. The van der Waals surface area contributed by atoms with Crippen molar-refractivity contribution in [2.24, 2.45) is 0 Å². The quantitative estimate of drug-likeness (QED) is 0.710. The van der Waals surface area contributed by atoms with Crippen molar-refractivity contribution >= 4 is 5.91 Å². The van der Waals surface area contributed by atoms with Crippen molar-refractivity contribution in [1.29, 1.82) is 0 Å². The van der Waals surface area contributed by atoms with Gasteiger partial charge in [0.1, 0.15) is 5.69 Å². The maximum atomic E-state index is 13.8. The van der Waals surface area contributed by atoms with E-state index in [0.717, 1.165) is 29.0 Å². The van der Waals surface area contributed by atoms with Gasteiger partial charge >= 0.3 is 0 Å². The fourth-order valence-corrected chi connectivity index (χ4v) is 3.25. The number of aromatic nitrogens is 3. The third-order valence-corrected chi connectivity index (χ3v) is 4.59. The van der Waals surface area contributed by atoms with Crippen LogP contribution in [0.1, 0.15) is 12.6 Å². The average molecular weight is 354 g/mol. The zero-order valence-electron chi connectivity index (χ0n) is 14.1. The second kappa shape index (κ2) is 6.33. The Bertz CT molecular complexity index is 985. The summed E-state index contributed by atoms with van der Waals surface area (Å²) in [6.45, 7) is 3.08. The molecule has 1 aliphatic heterocycles. The fraction of sp³-hybridized carbons (Fsp3) is 0.211. The molecular weight excluding hydrogens is 338 g/mol. The summed E-state index contributed by atoms with van der Waals surface area (Å²) in [6, 6.07) is 7.44. The smallest absolute Gasteiger partial charge is 0.219 e. The first-order valence-electron chi connectivity index (χ1n) is 8.25. The summed E-state index contributed by atoms with van der Waals surface area (Å²) in [4.78, 5) is 17.6. The summed E-state index contributed by atoms with van der Waals surface area (Å²) in [5, 5.41) is 4.63. The van der Waals surface area contributed by atoms with Gasteiger partial charge in [-0.3, -0.25) is 14.5 Å². The first-order chi connectivity index (χ1) is 12.5. The van der Waals surface area contributed by atoms with E-state index < -0.39 is 11.6 Å². The van der Waals surface area contributed by atoms with E-state index in [1.165, 1.54) is 13.0 Å². The monoisotopic (exact) mass is 354 g/mol. The van der Waals surface area contributed by atoms with Gasteiger partial charge in [-0.25, -0.2) is 8.78 Å². The standard InChI is InChI=1S/C19H16F2N4O/c1-12(26)24-8-9-25-17(11-24)18(13-4-6-22-7-5-13)19(23-25)14-2-3-15(20)16(21)10-14/h2-7,10H,8-9,11H2,1H3. The Morgan fingerprint density at radius 3 is 2.50 bits per heavy atom. The average Bonchev–Trinajstić information content (AvgIpc) is 3.03. The molecule has 132 valence electrons. The number of halogens is 2. The molecule has 1 aliphatic rings. The van der Waals surface area contributed by atoms with Crippen molar-refractivity contribution in [2.45, 2.75) is 20.0 Å². The Morgan fingerprint density at radius 1 is 1.04 bits per heavy atom. The summed E-state index contributed by atoms with van der Waals surface area (Å²) < 4.78 is 29.0. The SMILES string of the molecule is CC(=O)N1CCn2nc(-c3ccc(F)c(F)c3)c(-c3ccncc3)c2C1. The highest BCUT2D eigenvalue weighted by atomic mass is 19.2. The number of carbonyl (C=O) groups excluding carboxylic acids is 1. The lowest BCUT2D eigenvalue weighted by Gasteiger charge is -2.27. The number of nitrogens with zero attached hydrogens (tertiary/aromatic N) is 4. The van der Waals surface area contributed by atoms with E-state index in [-0.39, 0.29) is 5.91 Å². The number of fused-ring (bicyclic) bond motifs is 1. The summed E-state index contributed by atoms with van der Waals surface area (Å²) in [5.41, 5.74) is 3.61. The molecule has 3 aromatic rings. The van der Waals surface area contributed by atoms with Crippen LogP contribution in [0.25, 0.3) is 22.4 Å². The molecule has 0 bridgehead atoms. The van der Waals surface area contributed by atoms with Gasteiger partial charge in [-0.05, 0) is 35.9 Å². The van der Waals surface area contributed by atoms with Gasteiger partial charge in [0.15, 0.2) is 11.6 Å². The molecule has 26 heavy (non-hydrogen) atoms. The van der Waals surface area contributed by atoms with Gasteiger partial charge < -0.3 is 4.90 Å². The van der Waals surface area contributed by atoms with E-state index in [2.05, 4.69) is 10.1 Å². The summed E-state index contributed by atoms with van der Waals surface area (Å²) in [7, 11) is 0. The van der Waals surface area contributed by atoms with Crippen LogP contribution in [0.5, 0.6) is 0 Å². The van der Waals surface area contributed by atoms with Crippen LogP contribution >= 0.6 is 0 Å². The lowest BCUT2D eigenvalue weighted by molar-refractivity contribution is -0.130. The van der Waals surface area contributed by atoms with E-state index >= 15 is 0 Å². The molecule has 0 unspecified atom stereocenters. The van der Waals surface area contributed by atoms with Crippen molar-refractivity contribution < 1.29 is 13.6 Å². The predicted octanol–water partition coefficient (Wildman–Crippen LogP) is 3.25. The van der Waals surface area contributed by atoms with Crippen LogP contribution < -0.4 is 0 Å². The predicted molar refractivity (Wildman–Crippen MR) is 91.9 cm³/mol. The second-order valence-electron chi connectivity index (χ2n) is 6.20. The molecule has 1 aromatic carbocycles. The Hall–Kier alpha value is -3.09. The second-order valence-corrected chi connectivity index (χ2v) is 6.20. The van der Waals surface area contributed by atoms with Gasteiger partial charge in [0.25, 0.3) is 0 Å². The molecule has 4 rings (SSSR count). The Morgan fingerprint density at radius 2 is 1.81 bits per heavy atom. The molecule has 0 aliphatic carbocycles. The fourth-order valence-electron chi connectivity index (χ4n) is 3.25. The minimum Gasteiger partial charge on any atom is -0.335 e. The molecule has 2 aromatic heterocycles. The van der Waals surface area contributed by atoms with Crippen LogP contribution in [0.4, 0.5) is 8.78 Å². The molecule has 0 saturated carbocycles. The molecule has 0 N–H and O–H groups in total. The van der Waals surface area contributed by atoms with Crippen molar-refractivity contribution in [3.63, 3.8) is 0 Å². The van der Waals surface area contributed by atoms with Gasteiger partial charge in [0, 0.05) is 37.0 Å². The highest BCUT2D eigenvalue weighted by Gasteiger charge is 2.27. The van der Waals surface area contributed by atoms with Crippen LogP contribution in [0.15, 0.2) is 42.7 Å². The molecule has 0 spiro atoms. The van der Waals surface area contributed by atoms with E-state index in [0.29, 0.717) is 30.9 Å². The zero-order valence-corrected chi connectivity index (χ0v) is 14.1. The number of amides is 1. The lowest BCUT2D eigenvalue weighted by Crippen LogP contribution is -2.37. The minimum atomic E-state index is -0.917. The number of benzene rings is 1. The van der Waals surface area contributed by atoms with Crippen LogP contribution in [-0.2, 0) is 17.9 Å². The minimum absolute atomic E-state index is 0.00694. The van der Waals surface area contributed by atoms with E-state index in [1.807, 2.05) is 16.8 Å². The molecule has 0 fully saturated rings. The molecule has 7 heteroatoms. The highest BCUT2D eigenvalue weighted by Crippen LogP contribution is 2.36. The molecule has 5 nitrogen and oxygen atoms in total. The third-order valence-electron chi connectivity index (χ3n) is 4.59. The Labute approximate surface area is 148 Å². The summed E-state index contributed by atoms with van der Waals surface area (Å²) in [5.74, 6) is -1.82.